The van der Waals surface area contributed by atoms with Gasteiger partial charge in [0.25, 0.3) is 0 Å². The Morgan fingerprint density at radius 3 is 2.53 bits per heavy atom. The Morgan fingerprint density at radius 1 is 1.35 bits per heavy atom. The molecule has 1 unspecified atom stereocenters. The molecule has 1 aromatic rings. The van der Waals surface area contributed by atoms with E-state index in [0.29, 0.717) is 12.5 Å². The van der Waals surface area contributed by atoms with Crippen LogP contribution in [0, 0.1) is 6.92 Å². The average molecular weight is 237 g/mol. The number of ether oxygens (including phenoxy) is 1. The zero-order chi connectivity index (χ0) is 12.8. The third-order valence-corrected chi connectivity index (χ3v) is 2.94. The molecule has 2 N–H and O–H groups in total. The molecule has 17 heavy (non-hydrogen) atoms. The van der Waals surface area contributed by atoms with Gasteiger partial charge in [0.15, 0.2) is 0 Å². The lowest BCUT2D eigenvalue weighted by Crippen LogP contribution is -2.34. The predicted octanol–water partition coefficient (Wildman–Crippen LogP) is 2.08. The molecule has 0 saturated heterocycles. The van der Waals surface area contributed by atoms with Gasteiger partial charge < -0.3 is 15.2 Å². The molecular formula is C14H23NO2. The van der Waals surface area contributed by atoms with Crippen molar-refractivity contribution in [2.24, 2.45) is 0 Å². The first-order chi connectivity index (χ1) is 8.08. The molecule has 0 aromatic heterocycles. The van der Waals surface area contributed by atoms with E-state index >= 15 is 0 Å². The number of aryl methyl sites for hydroxylation is 1. The molecule has 0 spiro atoms. The second-order valence-electron chi connectivity index (χ2n) is 4.65. The van der Waals surface area contributed by atoms with E-state index < -0.39 is 0 Å². The van der Waals surface area contributed by atoms with E-state index in [-0.39, 0.29) is 12.6 Å². The number of hydrogen-bond donors (Lipinski definition) is 2. The molecule has 0 bridgehead atoms. The SMILES string of the molecule is CNC(CO)COc1ccc(C(C)C)c(C)c1. The molecule has 1 aromatic carbocycles. The summed E-state index contributed by atoms with van der Waals surface area (Å²) < 4.78 is 5.64. The van der Waals surface area contributed by atoms with E-state index in [4.69, 9.17) is 9.84 Å². The number of rotatable bonds is 6. The van der Waals surface area contributed by atoms with Crippen molar-refractivity contribution in [3.05, 3.63) is 29.3 Å². The average Bonchev–Trinajstić information content (AvgIpc) is 2.30. The van der Waals surface area contributed by atoms with Crippen molar-refractivity contribution >= 4 is 0 Å². The Hall–Kier alpha value is -1.06. The summed E-state index contributed by atoms with van der Waals surface area (Å²) in [5.41, 5.74) is 2.60. The lowest BCUT2D eigenvalue weighted by atomic mass is 9.98. The summed E-state index contributed by atoms with van der Waals surface area (Å²) in [6, 6.07) is 6.15. The summed E-state index contributed by atoms with van der Waals surface area (Å²) in [6.07, 6.45) is 0. The first-order valence-corrected chi connectivity index (χ1v) is 6.10. The van der Waals surface area contributed by atoms with Crippen molar-refractivity contribution in [3.63, 3.8) is 0 Å². The van der Waals surface area contributed by atoms with E-state index in [9.17, 15) is 0 Å². The number of nitrogens with one attached hydrogen (secondary N) is 1. The Morgan fingerprint density at radius 2 is 2.06 bits per heavy atom. The van der Waals surface area contributed by atoms with E-state index in [1.54, 1.807) is 0 Å². The second-order valence-corrected chi connectivity index (χ2v) is 4.65. The zero-order valence-electron chi connectivity index (χ0n) is 11.2. The quantitative estimate of drug-likeness (QED) is 0.796. The van der Waals surface area contributed by atoms with Crippen LogP contribution in [0.4, 0.5) is 0 Å². The minimum Gasteiger partial charge on any atom is -0.492 e. The van der Waals surface area contributed by atoms with Crippen LogP contribution < -0.4 is 10.1 Å². The van der Waals surface area contributed by atoms with Gasteiger partial charge in [-0.1, -0.05) is 19.9 Å². The topological polar surface area (TPSA) is 41.5 Å². The van der Waals surface area contributed by atoms with E-state index in [0.717, 1.165) is 5.75 Å². The third kappa shape index (κ3) is 4.02. The molecule has 3 nitrogen and oxygen atoms in total. The molecule has 0 aliphatic rings. The highest BCUT2D eigenvalue weighted by Gasteiger charge is 2.07. The van der Waals surface area contributed by atoms with Crippen LogP contribution in [0.3, 0.4) is 0 Å². The van der Waals surface area contributed by atoms with Crippen molar-refractivity contribution in [1.82, 2.24) is 5.32 Å². The van der Waals surface area contributed by atoms with Crippen LogP contribution in [0.2, 0.25) is 0 Å². The highest BCUT2D eigenvalue weighted by atomic mass is 16.5. The fourth-order valence-electron chi connectivity index (χ4n) is 1.81. The van der Waals surface area contributed by atoms with Crippen LogP contribution in [-0.2, 0) is 0 Å². The highest BCUT2D eigenvalue weighted by Crippen LogP contribution is 2.23. The van der Waals surface area contributed by atoms with Crippen LogP contribution in [0.5, 0.6) is 5.75 Å². The molecular weight excluding hydrogens is 214 g/mol. The Balaban J connectivity index is 2.64. The molecule has 1 atom stereocenters. The molecule has 96 valence electrons. The van der Waals surface area contributed by atoms with Crippen LogP contribution in [0.15, 0.2) is 18.2 Å². The molecule has 0 amide bonds. The fourth-order valence-corrected chi connectivity index (χ4v) is 1.81. The lowest BCUT2D eigenvalue weighted by Gasteiger charge is -2.16. The minimum atomic E-state index is -0.0138. The highest BCUT2D eigenvalue weighted by molar-refractivity contribution is 5.36. The molecule has 0 fully saturated rings. The molecule has 0 saturated carbocycles. The zero-order valence-corrected chi connectivity index (χ0v) is 11.2. The summed E-state index contributed by atoms with van der Waals surface area (Å²) in [5.74, 6) is 1.40. The first-order valence-electron chi connectivity index (χ1n) is 6.10. The van der Waals surface area contributed by atoms with Gasteiger partial charge in [-0.3, -0.25) is 0 Å². The monoisotopic (exact) mass is 237 g/mol. The van der Waals surface area contributed by atoms with Crippen molar-refractivity contribution in [3.8, 4) is 5.75 Å². The Labute approximate surface area is 104 Å². The third-order valence-electron chi connectivity index (χ3n) is 2.94. The first kappa shape index (κ1) is 14.0. The summed E-state index contributed by atoms with van der Waals surface area (Å²) in [7, 11) is 1.82. The number of benzene rings is 1. The van der Waals surface area contributed by atoms with Crippen LogP contribution >= 0.6 is 0 Å². The number of likely N-dealkylation sites (N-methyl/N-ethyl adjacent to an activating group) is 1. The largest absolute Gasteiger partial charge is 0.492 e. The second kappa shape index (κ2) is 6.62. The summed E-state index contributed by atoms with van der Waals surface area (Å²) in [4.78, 5) is 0. The maximum absolute atomic E-state index is 9.03. The number of aliphatic hydroxyl groups is 1. The summed E-state index contributed by atoms with van der Waals surface area (Å²) in [6.45, 7) is 7.04. The van der Waals surface area contributed by atoms with Crippen LogP contribution in [-0.4, -0.2) is 31.4 Å². The lowest BCUT2D eigenvalue weighted by molar-refractivity contribution is 0.189. The maximum atomic E-state index is 9.03. The number of aliphatic hydroxyl groups excluding tert-OH is 1. The van der Waals surface area contributed by atoms with E-state index in [1.165, 1.54) is 11.1 Å². The van der Waals surface area contributed by atoms with Gasteiger partial charge in [0, 0.05) is 0 Å². The molecule has 0 aliphatic heterocycles. The standard InChI is InChI=1S/C14H23NO2/c1-10(2)14-6-5-13(7-11(14)3)17-9-12(8-16)15-4/h5-7,10,12,15-16H,8-9H2,1-4H3. The summed E-state index contributed by atoms with van der Waals surface area (Å²) in [5, 5.41) is 12.0. The molecule has 0 radical (unpaired) electrons. The van der Waals surface area contributed by atoms with Crippen molar-refractivity contribution in [2.75, 3.05) is 20.3 Å². The molecule has 1 rings (SSSR count). The molecule has 3 heteroatoms. The Kier molecular flexibility index (Phi) is 5.45. The molecule has 0 heterocycles. The fraction of sp³-hybridized carbons (Fsp3) is 0.571. The van der Waals surface area contributed by atoms with E-state index in [2.05, 4.69) is 38.2 Å². The van der Waals surface area contributed by atoms with Gasteiger partial charge in [-0.05, 0) is 43.1 Å². The van der Waals surface area contributed by atoms with Gasteiger partial charge in [-0.15, -0.1) is 0 Å². The van der Waals surface area contributed by atoms with Gasteiger partial charge in [-0.25, -0.2) is 0 Å². The van der Waals surface area contributed by atoms with Gasteiger partial charge in [0.2, 0.25) is 0 Å². The van der Waals surface area contributed by atoms with Gasteiger partial charge in [0.05, 0.1) is 12.6 Å². The van der Waals surface area contributed by atoms with Gasteiger partial charge >= 0.3 is 0 Å². The molecule has 0 aliphatic carbocycles. The van der Waals surface area contributed by atoms with Gasteiger partial charge in [0.1, 0.15) is 12.4 Å². The smallest absolute Gasteiger partial charge is 0.119 e. The van der Waals surface area contributed by atoms with Crippen molar-refractivity contribution < 1.29 is 9.84 Å². The Bertz CT molecular complexity index is 346. The predicted molar refractivity (Wildman–Crippen MR) is 70.7 cm³/mol. The van der Waals surface area contributed by atoms with E-state index in [1.807, 2.05) is 13.1 Å². The number of hydrogen-bond acceptors (Lipinski definition) is 3. The normalized spacial score (nSPS) is 12.8. The van der Waals surface area contributed by atoms with Crippen molar-refractivity contribution in [1.29, 1.82) is 0 Å². The van der Waals surface area contributed by atoms with Gasteiger partial charge in [-0.2, -0.15) is 0 Å². The summed E-state index contributed by atoms with van der Waals surface area (Å²) >= 11 is 0. The minimum absolute atomic E-state index is 0.0138. The van der Waals surface area contributed by atoms with Crippen LogP contribution in [0.1, 0.15) is 30.9 Å². The maximum Gasteiger partial charge on any atom is 0.119 e. The van der Waals surface area contributed by atoms with Crippen molar-refractivity contribution in [2.45, 2.75) is 32.7 Å². The van der Waals surface area contributed by atoms with Crippen LogP contribution in [0.25, 0.3) is 0 Å².